The van der Waals surface area contributed by atoms with Gasteiger partial charge in [0.2, 0.25) is 0 Å². The Morgan fingerprint density at radius 1 is 1.39 bits per heavy atom. The number of aliphatic hydroxyl groups is 1. The number of aromatic nitrogens is 2. The van der Waals surface area contributed by atoms with Crippen molar-refractivity contribution in [2.45, 2.75) is 31.5 Å². The monoisotopic (exact) mass is 252 g/mol. The molecule has 0 spiro atoms. The number of rotatable bonds is 6. The van der Waals surface area contributed by atoms with Crippen LogP contribution in [-0.2, 0) is 11.3 Å². The molecule has 1 aromatic heterocycles. The Kier molecular flexibility index (Phi) is 3.98. The van der Waals surface area contributed by atoms with Crippen LogP contribution >= 0.6 is 0 Å². The van der Waals surface area contributed by atoms with Crippen LogP contribution in [0.25, 0.3) is 0 Å². The zero-order valence-corrected chi connectivity index (χ0v) is 10.9. The molecule has 0 aliphatic heterocycles. The fourth-order valence-corrected chi connectivity index (χ4v) is 1.93. The highest BCUT2D eigenvalue weighted by atomic mass is 16.5. The lowest BCUT2D eigenvalue weighted by atomic mass is 9.80. The number of hydrogen-bond donors (Lipinski definition) is 3. The van der Waals surface area contributed by atoms with Gasteiger partial charge in [-0.3, -0.25) is 0 Å². The van der Waals surface area contributed by atoms with Crippen LogP contribution in [0.2, 0.25) is 0 Å². The Hall–Kier alpha value is -1.40. The summed E-state index contributed by atoms with van der Waals surface area (Å²) in [6.07, 6.45) is 2.81. The smallest absolute Gasteiger partial charge is 0.158 e. The number of anilines is 2. The predicted octanol–water partition coefficient (Wildman–Crippen LogP) is 0.992. The van der Waals surface area contributed by atoms with Gasteiger partial charge in [-0.1, -0.05) is 0 Å². The summed E-state index contributed by atoms with van der Waals surface area (Å²) in [6.45, 7) is 0.897. The molecule has 0 unspecified atom stereocenters. The Morgan fingerprint density at radius 2 is 2.11 bits per heavy atom. The molecule has 0 atom stereocenters. The van der Waals surface area contributed by atoms with Gasteiger partial charge in [0.15, 0.2) is 5.82 Å². The first kappa shape index (κ1) is 13.0. The number of nitrogens with one attached hydrogen (secondary N) is 2. The molecule has 0 radical (unpaired) electrons. The summed E-state index contributed by atoms with van der Waals surface area (Å²) in [5.74, 6) is 2.06. The van der Waals surface area contributed by atoms with Gasteiger partial charge in [-0.25, -0.2) is 9.97 Å². The van der Waals surface area contributed by atoms with Gasteiger partial charge in [0.1, 0.15) is 18.2 Å². The summed E-state index contributed by atoms with van der Waals surface area (Å²) >= 11 is 0. The summed E-state index contributed by atoms with van der Waals surface area (Å²) in [5.41, 5.74) is -0.563. The highest BCUT2D eigenvalue weighted by Gasteiger charge is 2.34. The highest BCUT2D eigenvalue weighted by Crippen LogP contribution is 2.31. The molecule has 18 heavy (non-hydrogen) atoms. The molecule has 1 saturated carbocycles. The van der Waals surface area contributed by atoms with Crippen LogP contribution < -0.4 is 10.6 Å². The molecule has 3 N–H and O–H groups in total. The molecule has 1 aliphatic carbocycles. The number of hydrogen-bond acceptors (Lipinski definition) is 6. The van der Waals surface area contributed by atoms with Crippen LogP contribution in [0.5, 0.6) is 0 Å². The molecule has 1 aromatic rings. The van der Waals surface area contributed by atoms with E-state index in [9.17, 15) is 5.11 Å². The molecule has 0 amide bonds. The van der Waals surface area contributed by atoms with Gasteiger partial charge < -0.3 is 20.5 Å². The van der Waals surface area contributed by atoms with Crippen LogP contribution in [0, 0.1) is 0 Å². The first-order valence-electron chi connectivity index (χ1n) is 6.16. The molecule has 100 valence electrons. The molecule has 6 nitrogen and oxygen atoms in total. The van der Waals surface area contributed by atoms with Gasteiger partial charge in [0.25, 0.3) is 0 Å². The van der Waals surface area contributed by atoms with E-state index in [-0.39, 0.29) is 0 Å². The van der Waals surface area contributed by atoms with Crippen molar-refractivity contribution >= 4 is 11.6 Å². The minimum Gasteiger partial charge on any atom is -0.388 e. The van der Waals surface area contributed by atoms with E-state index >= 15 is 0 Å². The zero-order valence-electron chi connectivity index (χ0n) is 10.9. The molecule has 0 bridgehead atoms. The maximum Gasteiger partial charge on any atom is 0.158 e. The zero-order chi connectivity index (χ0) is 13.0. The Bertz CT molecular complexity index is 407. The number of nitrogens with zero attached hydrogens (tertiary/aromatic N) is 2. The van der Waals surface area contributed by atoms with E-state index < -0.39 is 5.60 Å². The standard InChI is InChI=1S/C12H20N4O2/c1-13-9-6-10(16-11(15-9)7-18-2)14-8-12(17)4-3-5-12/h6,17H,3-5,7-8H2,1-2H3,(H2,13,14,15,16). The maximum atomic E-state index is 10.0. The second kappa shape index (κ2) is 5.49. The Labute approximate surface area is 107 Å². The Balaban J connectivity index is 2.03. The third-order valence-corrected chi connectivity index (χ3v) is 3.18. The van der Waals surface area contributed by atoms with Crippen LogP contribution in [0.4, 0.5) is 11.6 Å². The normalized spacial score (nSPS) is 17.1. The van der Waals surface area contributed by atoms with Crippen LogP contribution in [0.3, 0.4) is 0 Å². The molecular formula is C12H20N4O2. The first-order chi connectivity index (χ1) is 8.65. The van der Waals surface area contributed by atoms with E-state index in [1.807, 2.05) is 13.1 Å². The van der Waals surface area contributed by atoms with Crippen molar-refractivity contribution in [1.29, 1.82) is 0 Å². The van der Waals surface area contributed by atoms with E-state index in [0.717, 1.165) is 25.1 Å². The fraction of sp³-hybridized carbons (Fsp3) is 0.667. The fourth-order valence-electron chi connectivity index (χ4n) is 1.93. The SMILES string of the molecule is CNc1cc(NCC2(O)CCC2)nc(COC)n1. The van der Waals surface area contributed by atoms with Gasteiger partial charge in [0, 0.05) is 26.8 Å². The average Bonchev–Trinajstić information content (AvgIpc) is 2.34. The van der Waals surface area contributed by atoms with Crippen molar-refractivity contribution in [2.24, 2.45) is 0 Å². The lowest BCUT2D eigenvalue weighted by molar-refractivity contribution is -0.0202. The van der Waals surface area contributed by atoms with Crippen molar-refractivity contribution in [1.82, 2.24) is 9.97 Å². The second-order valence-electron chi connectivity index (χ2n) is 4.67. The van der Waals surface area contributed by atoms with Crippen molar-refractivity contribution in [3.8, 4) is 0 Å². The maximum absolute atomic E-state index is 10.0. The van der Waals surface area contributed by atoms with E-state index in [0.29, 0.717) is 24.8 Å². The lowest BCUT2D eigenvalue weighted by Crippen LogP contribution is -2.43. The van der Waals surface area contributed by atoms with Gasteiger partial charge in [-0.15, -0.1) is 0 Å². The van der Waals surface area contributed by atoms with Crippen molar-refractivity contribution in [3.05, 3.63) is 11.9 Å². The summed E-state index contributed by atoms with van der Waals surface area (Å²) in [4.78, 5) is 8.60. The summed E-state index contributed by atoms with van der Waals surface area (Å²) < 4.78 is 5.03. The van der Waals surface area contributed by atoms with Crippen molar-refractivity contribution in [3.63, 3.8) is 0 Å². The lowest BCUT2D eigenvalue weighted by Gasteiger charge is -2.36. The van der Waals surface area contributed by atoms with Crippen LogP contribution in [0.15, 0.2) is 6.07 Å². The number of methoxy groups -OCH3 is 1. The van der Waals surface area contributed by atoms with Crippen molar-refractivity contribution in [2.75, 3.05) is 31.3 Å². The first-order valence-corrected chi connectivity index (χ1v) is 6.16. The molecule has 2 rings (SSSR count). The molecule has 1 heterocycles. The average molecular weight is 252 g/mol. The number of ether oxygens (including phenoxy) is 1. The quantitative estimate of drug-likeness (QED) is 0.700. The van der Waals surface area contributed by atoms with Crippen LogP contribution in [0.1, 0.15) is 25.1 Å². The minimum absolute atomic E-state index is 0.370. The van der Waals surface area contributed by atoms with E-state index in [4.69, 9.17) is 4.74 Å². The third kappa shape index (κ3) is 3.08. The summed E-state index contributed by atoms with van der Waals surface area (Å²) in [6, 6.07) is 1.82. The van der Waals surface area contributed by atoms with Crippen molar-refractivity contribution < 1.29 is 9.84 Å². The van der Waals surface area contributed by atoms with E-state index in [1.165, 1.54) is 0 Å². The molecule has 1 aliphatic rings. The molecule has 6 heteroatoms. The summed E-state index contributed by atoms with van der Waals surface area (Å²) in [5, 5.41) is 16.2. The van der Waals surface area contributed by atoms with Gasteiger partial charge in [-0.2, -0.15) is 0 Å². The third-order valence-electron chi connectivity index (χ3n) is 3.18. The molecular weight excluding hydrogens is 232 g/mol. The van der Waals surface area contributed by atoms with E-state index in [2.05, 4.69) is 20.6 Å². The van der Waals surface area contributed by atoms with Gasteiger partial charge >= 0.3 is 0 Å². The summed E-state index contributed by atoms with van der Waals surface area (Å²) in [7, 11) is 3.42. The topological polar surface area (TPSA) is 79.3 Å². The van der Waals surface area contributed by atoms with Gasteiger partial charge in [0.05, 0.1) is 5.60 Å². The van der Waals surface area contributed by atoms with Crippen LogP contribution in [-0.4, -0.2) is 41.4 Å². The minimum atomic E-state index is -0.563. The largest absolute Gasteiger partial charge is 0.388 e. The van der Waals surface area contributed by atoms with E-state index in [1.54, 1.807) is 7.11 Å². The molecule has 0 aromatic carbocycles. The van der Waals surface area contributed by atoms with Gasteiger partial charge in [-0.05, 0) is 19.3 Å². The Morgan fingerprint density at radius 3 is 2.67 bits per heavy atom. The molecule has 1 fully saturated rings. The highest BCUT2D eigenvalue weighted by molar-refractivity contribution is 5.47. The predicted molar refractivity (Wildman–Crippen MR) is 69.6 cm³/mol. The second-order valence-corrected chi connectivity index (χ2v) is 4.67. The molecule has 0 saturated heterocycles.